The predicted octanol–water partition coefficient (Wildman–Crippen LogP) is 1.37. The topological polar surface area (TPSA) is 110 Å². The van der Waals surface area contributed by atoms with Crippen molar-refractivity contribution in [2.24, 2.45) is 0 Å². The van der Waals surface area contributed by atoms with Crippen molar-refractivity contribution >= 4 is 17.8 Å². The molecule has 9 heteroatoms. The van der Waals surface area contributed by atoms with Gasteiger partial charge in [-0.1, -0.05) is 6.07 Å². The minimum atomic E-state index is -0.697. The van der Waals surface area contributed by atoms with Crippen molar-refractivity contribution in [3.63, 3.8) is 0 Å². The van der Waals surface area contributed by atoms with Crippen molar-refractivity contribution < 1.29 is 23.9 Å². The van der Waals surface area contributed by atoms with Gasteiger partial charge in [0.1, 0.15) is 6.04 Å². The highest BCUT2D eigenvalue weighted by atomic mass is 16.7. The van der Waals surface area contributed by atoms with Gasteiger partial charge in [-0.15, -0.1) is 0 Å². The summed E-state index contributed by atoms with van der Waals surface area (Å²) in [6.45, 7) is 0.800. The molecule has 2 aliphatic heterocycles. The van der Waals surface area contributed by atoms with Gasteiger partial charge in [0.05, 0.1) is 6.54 Å². The Morgan fingerprint density at radius 3 is 2.77 bits per heavy atom. The molecule has 0 unspecified atom stereocenters. The monoisotopic (exact) mass is 410 g/mol. The number of fused-ring (bicyclic) bond motifs is 1. The van der Waals surface area contributed by atoms with E-state index in [1.165, 1.54) is 0 Å². The number of carbonyl (C=O) groups is 3. The number of urea groups is 1. The van der Waals surface area contributed by atoms with Gasteiger partial charge in [-0.2, -0.15) is 0 Å². The fourth-order valence-electron chi connectivity index (χ4n) is 3.40. The summed E-state index contributed by atoms with van der Waals surface area (Å²) in [5.74, 6) is 0.755. The molecule has 1 atom stereocenters. The number of rotatable bonds is 8. The van der Waals surface area contributed by atoms with Crippen LogP contribution in [0.25, 0.3) is 0 Å². The van der Waals surface area contributed by atoms with E-state index in [-0.39, 0.29) is 38.0 Å². The molecule has 0 bridgehead atoms. The zero-order valence-electron chi connectivity index (χ0n) is 16.3. The number of pyridine rings is 1. The van der Waals surface area contributed by atoms with Gasteiger partial charge < -0.3 is 20.1 Å². The van der Waals surface area contributed by atoms with Crippen molar-refractivity contribution in [1.82, 2.24) is 20.5 Å². The van der Waals surface area contributed by atoms with Crippen LogP contribution >= 0.6 is 0 Å². The number of ether oxygens (including phenoxy) is 2. The first-order valence-corrected chi connectivity index (χ1v) is 9.76. The van der Waals surface area contributed by atoms with Crippen molar-refractivity contribution in [3.05, 3.63) is 53.9 Å². The number of benzene rings is 1. The Balaban J connectivity index is 1.24. The van der Waals surface area contributed by atoms with Gasteiger partial charge in [0.25, 0.3) is 5.91 Å². The number of imide groups is 1. The molecule has 1 saturated heterocycles. The van der Waals surface area contributed by atoms with Crippen LogP contribution in [0.4, 0.5) is 4.79 Å². The molecule has 30 heavy (non-hydrogen) atoms. The molecular formula is C21H22N4O5. The third-order valence-electron chi connectivity index (χ3n) is 5.03. The highest BCUT2D eigenvalue weighted by molar-refractivity contribution is 6.04. The van der Waals surface area contributed by atoms with Crippen molar-refractivity contribution in [3.8, 4) is 11.5 Å². The maximum absolute atomic E-state index is 12.6. The van der Waals surface area contributed by atoms with Crippen LogP contribution in [-0.2, 0) is 22.6 Å². The van der Waals surface area contributed by atoms with E-state index in [0.717, 1.165) is 16.0 Å². The largest absolute Gasteiger partial charge is 0.454 e. The van der Waals surface area contributed by atoms with Gasteiger partial charge >= 0.3 is 6.03 Å². The summed E-state index contributed by atoms with van der Waals surface area (Å²) in [4.78, 5) is 42.0. The average molecular weight is 410 g/mol. The number of nitrogens with one attached hydrogen (secondary N) is 2. The molecule has 0 radical (unpaired) electrons. The molecule has 156 valence electrons. The number of carbonyl (C=O) groups excluding carboxylic acids is 3. The van der Waals surface area contributed by atoms with Gasteiger partial charge in [-0.05, 0) is 48.2 Å². The second-order valence-electron chi connectivity index (χ2n) is 7.11. The molecule has 9 nitrogen and oxygen atoms in total. The highest BCUT2D eigenvalue weighted by Gasteiger charge is 2.38. The number of amides is 4. The second kappa shape index (κ2) is 8.81. The minimum absolute atomic E-state index is 0.135. The lowest BCUT2D eigenvalue weighted by Gasteiger charge is -2.13. The van der Waals surface area contributed by atoms with Crippen LogP contribution in [0.15, 0.2) is 42.7 Å². The number of hydrogen-bond acceptors (Lipinski definition) is 6. The lowest BCUT2D eigenvalue weighted by atomic mass is 10.1. The van der Waals surface area contributed by atoms with Crippen LogP contribution in [0, 0.1) is 0 Å². The van der Waals surface area contributed by atoms with Gasteiger partial charge in [0.2, 0.25) is 12.7 Å². The van der Waals surface area contributed by atoms with Gasteiger partial charge in [0.15, 0.2) is 11.5 Å². The standard InChI is InChI=1S/C21H22N4O5/c26-19(23-10-7-14-5-8-22-9-6-14)4-2-16-20(27)25(21(28)24-16)12-15-1-3-17-18(11-15)30-13-29-17/h1,3,5-6,8-9,11,16H,2,4,7,10,12-13H2,(H,23,26)(H,24,28)/t16-/m1/s1. The van der Waals surface area contributed by atoms with Crippen LogP contribution in [-0.4, -0.2) is 47.1 Å². The van der Waals surface area contributed by atoms with Gasteiger partial charge in [-0.3, -0.25) is 19.5 Å². The first-order valence-electron chi connectivity index (χ1n) is 9.76. The third kappa shape index (κ3) is 4.51. The Morgan fingerprint density at radius 2 is 1.93 bits per heavy atom. The maximum Gasteiger partial charge on any atom is 0.325 e. The zero-order chi connectivity index (χ0) is 20.9. The summed E-state index contributed by atoms with van der Waals surface area (Å²) < 4.78 is 10.6. The molecule has 0 aliphatic carbocycles. The summed E-state index contributed by atoms with van der Waals surface area (Å²) in [5.41, 5.74) is 1.85. The normalized spacial score (nSPS) is 17.2. The molecule has 2 aromatic rings. The Morgan fingerprint density at radius 1 is 1.13 bits per heavy atom. The van der Waals surface area contributed by atoms with E-state index in [4.69, 9.17) is 9.47 Å². The summed E-state index contributed by atoms with van der Waals surface area (Å²) in [7, 11) is 0. The number of hydrogen-bond donors (Lipinski definition) is 2. The SMILES string of the molecule is O=C(CC[C@H]1NC(=O)N(Cc2ccc3c(c2)OCO3)C1=O)NCCc1ccncc1. The molecule has 2 aliphatic rings. The predicted molar refractivity (Wildman–Crippen MR) is 106 cm³/mol. The highest BCUT2D eigenvalue weighted by Crippen LogP contribution is 2.33. The lowest BCUT2D eigenvalue weighted by molar-refractivity contribution is -0.128. The van der Waals surface area contributed by atoms with E-state index in [9.17, 15) is 14.4 Å². The second-order valence-corrected chi connectivity index (χ2v) is 7.11. The van der Waals surface area contributed by atoms with Crippen LogP contribution < -0.4 is 20.1 Å². The smallest absolute Gasteiger partial charge is 0.325 e. The van der Waals surface area contributed by atoms with Crippen molar-refractivity contribution in [2.75, 3.05) is 13.3 Å². The van der Waals surface area contributed by atoms with E-state index in [1.54, 1.807) is 30.6 Å². The molecule has 0 saturated carbocycles. The number of aromatic nitrogens is 1. The van der Waals surface area contributed by atoms with Gasteiger partial charge in [-0.25, -0.2) is 4.79 Å². The van der Waals surface area contributed by atoms with Crippen LogP contribution in [0.5, 0.6) is 11.5 Å². The van der Waals surface area contributed by atoms with Crippen LogP contribution in [0.3, 0.4) is 0 Å². The summed E-state index contributed by atoms with van der Waals surface area (Å²) in [6.07, 6.45) is 4.53. The Bertz CT molecular complexity index is 950. The van der Waals surface area contributed by atoms with E-state index < -0.39 is 12.1 Å². The third-order valence-corrected chi connectivity index (χ3v) is 5.03. The molecule has 1 aromatic heterocycles. The molecule has 4 rings (SSSR count). The Kier molecular flexibility index (Phi) is 5.78. The molecule has 2 N–H and O–H groups in total. The van der Waals surface area contributed by atoms with Crippen molar-refractivity contribution in [2.45, 2.75) is 31.8 Å². The van der Waals surface area contributed by atoms with E-state index in [0.29, 0.717) is 24.5 Å². The van der Waals surface area contributed by atoms with E-state index in [1.807, 2.05) is 12.1 Å². The summed E-state index contributed by atoms with van der Waals surface area (Å²) in [6, 6.07) is 7.94. The van der Waals surface area contributed by atoms with Crippen molar-refractivity contribution in [1.29, 1.82) is 0 Å². The molecule has 1 aromatic carbocycles. The van der Waals surface area contributed by atoms with E-state index >= 15 is 0 Å². The minimum Gasteiger partial charge on any atom is -0.454 e. The molecule has 1 fully saturated rings. The molecule has 0 spiro atoms. The summed E-state index contributed by atoms with van der Waals surface area (Å²) in [5, 5.41) is 5.49. The fourth-order valence-corrected chi connectivity index (χ4v) is 3.40. The first kappa shape index (κ1) is 19.7. The first-order chi connectivity index (χ1) is 14.6. The van der Waals surface area contributed by atoms with Crippen LogP contribution in [0.2, 0.25) is 0 Å². The zero-order valence-corrected chi connectivity index (χ0v) is 16.3. The molecule has 3 heterocycles. The van der Waals surface area contributed by atoms with E-state index in [2.05, 4.69) is 15.6 Å². The molecule has 4 amide bonds. The fraction of sp³-hybridized carbons (Fsp3) is 0.333. The summed E-state index contributed by atoms with van der Waals surface area (Å²) >= 11 is 0. The van der Waals surface area contributed by atoms with Gasteiger partial charge in [0, 0.05) is 25.4 Å². The quantitative estimate of drug-likeness (QED) is 0.636. The maximum atomic E-state index is 12.6. The average Bonchev–Trinajstić information content (AvgIpc) is 3.32. The number of nitrogens with zero attached hydrogens (tertiary/aromatic N) is 2. The molecular weight excluding hydrogens is 388 g/mol. The Labute approximate surface area is 173 Å². The van der Waals surface area contributed by atoms with Crippen LogP contribution in [0.1, 0.15) is 24.0 Å². The Hall–Kier alpha value is -3.62. The lowest BCUT2D eigenvalue weighted by Crippen LogP contribution is -2.33.